The predicted octanol–water partition coefficient (Wildman–Crippen LogP) is 3.34. The maximum atomic E-state index is 12.8. The molecule has 26 heavy (non-hydrogen) atoms. The van der Waals surface area contributed by atoms with Crippen molar-refractivity contribution < 1.29 is 4.79 Å². The van der Waals surface area contributed by atoms with Gasteiger partial charge in [-0.25, -0.2) is 0 Å². The van der Waals surface area contributed by atoms with Gasteiger partial charge in [-0.05, 0) is 44.0 Å². The molecule has 3 rings (SSSR count). The van der Waals surface area contributed by atoms with E-state index >= 15 is 0 Å². The zero-order chi connectivity index (χ0) is 18.5. The van der Waals surface area contributed by atoms with E-state index < -0.39 is 0 Å². The van der Waals surface area contributed by atoms with E-state index in [0.717, 1.165) is 26.1 Å². The molecule has 1 heterocycles. The van der Waals surface area contributed by atoms with Crippen LogP contribution in [0, 0.1) is 11.3 Å². The van der Waals surface area contributed by atoms with Crippen LogP contribution >= 0.6 is 0 Å². The molecule has 0 saturated carbocycles. The van der Waals surface area contributed by atoms with Crippen LogP contribution in [-0.2, 0) is 6.42 Å². The molecule has 2 aromatic carbocycles. The SMILES string of the molecule is CC1CN(C(=O)c2cccc(C#N)c2)CC(C)N1CCc1ccccc1. The maximum absolute atomic E-state index is 12.8. The van der Waals surface area contributed by atoms with Crippen LogP contribution in [0.4, 0.5) is 0 Å². The van der Waals surface area contributed by atoms with Crippen molar-refractivity contribution >= 4 is 5.91 Å². The second-order valence-corrected chi connectivity index (χ2v) is 7.07. The standard InChI is InChI=1S/C22H25N3O/c1-17-15-24(22(26)21-10-6-9-20(13-21)14-23)16-18(2)25(17)12-11-19-7-4-3-5-8-19/h3-10,13,17-18H,11-12,15-16H2,1-2H3. The first-order valence-electron chi connectivity index (χ1n) is 9.17. The molecule has 0 radical (unpaired) electrons. The van der Waals surface area contributed by atoms with Gasteiger partial charge in [0.1, 0.15) is 0 Å². The monoisotopic (exact) mass is 347 g/mol. The molecule has 4 nitrogen and oxygen atoms in total. The lowest BCUT2D eigenvalue weighted by Gasteiger charge is -2.44. The summed E-state index contributed by atoms with van der Waals surface area (Å²) in [5.41, 5.74) is 2.47. The van der Waals surface area contributed by atoms with E-state index in [1.54, 1.807) is 24.3 Å². The van der Waals surface area contributed by atoms with Crippen LogP contribution in [0.2, 0.25) is 0 Å². The minimum absolute atomic E-state index is 0.0171. The fourth-order valence-electron chi connectivity index (χ4n) is 3.77. The first kappa shape index (κ1) is 18.2. The summed E-state index contributed by atoms with van der Waals surface area (Å²) in [5, 5.41) is 9.04. The van der Waals surface area contributed by atoms with Crippen LogP contribution in [0.1, 0.15) is 35.3 Å². The molecule has 4 heteroatoms. The molecule has 1 aliphatic heterocycles. The molecular weight excluding hydrogens is 322 g/mol. The highest BCUT2D eigenvalue weighted by atomic mass is 16.2. The average Bonchev–Trinajstić information content (AvgIpc) is 2.67. The average molecular weight is 347 g/mol. The Morgan fingerprint density at radius 3 is 2.42 bits per heavy atom. The highest BCUT2D eigenvalue weighted by Crippen LogP contribution is 2.19. The van der Waals surface area contributed by atoms with E-state index in [9.17, 15) is 4.79 Å². The third-order valence-electron chi connectivity index (χ3n) is 5.13. The predicted molar refractivity (Wildman–Crippen MR) is 103 cm³/mol. The number of amides is 1. The molecule has 2 aromatic rings. The van der Waals surface area contributed by atoms with Gasteiger partial charge in [0.25, 0.3) is 5.91 Å². The number of carbonyl (C=O) groups is 1. The van der Waals surface area contributed by atoms with Crippen molar-refractivity contribution in [2.45, 2.75) is 32.4 Å². The topological polar surface area (TPSA) is 47.3 Å². The number of benzene rings is 2. The molecule has 0 aliphatic carbocycles. The van der Waals surface area contributed by atoms with Gasteiger partial charge >= 0.3 is 0 Å². The molecule has 1 aliphatic rings. The van der Waals surface area contributed by atoms with E-state index in [1.807, 2.05) is 11.0 Å². The van der Waals surface area contributed by atoms with Crippen LogP contribution in [0.25, 0.3) is 0 Å². The summed E-state index contributed by atoms with van der Waals surface area (Å²) in [4.78, 5) is 17.3. The van der Waals surface area contributed by atoms with Crippen LogP contribution in [0.15, 0.2) is 54.6 Å². The van der Waals surface area contributed by atoms with E-state index in [4.69, 9.17) is 5.26 Å². The van der Waals surface area contributed by atoms with Crippen molar-refractivity contribution in [2.24, 2.45) is 0 Å². The van der Waals surface area contributed by atoms with Crippen molar-refractivity contribution in [3.8, 4) is 6.07 Å². The van der Waals surface area contributed by atoms with E-state index in [-0.39, 0.29) is 5.91 Å². The minimum Gasteiger partial charge on any atom is -0.336 e. The van der Waals surface area contributed by atoms with Gasteiger partial charge in [0.05, 0.1) is 11.6 Å². The molecule has 2 unspecified atom stereocenters. The summed E-state index contributed by atoms with van der Waals surface area (Å²) in [6, 6.07) is 20.2. The zero-order valence-electron chi connectivity index (χ0n) is 15.4. The van der Waals surface area contributed by atoms with E-state index in [0.29, 0.717) is 23.2 Å². The number of piperazine rings is 1. The van der Waals surface area contributed by atoms with E-state index in [1.165, 1.54) is 5.56 Å². The molecule has 1 amide bonds. The van der Waals surface area contributed by atoms with Crippen molar-refractivity contribution in [1.82, 2.24) is 9.80 Å². The first-order chi connectivity index (χ1) is 12.6. The molecule has 1 saturated heterocycles. The number of hydrogen-bond acceptors (Lipinski definition) is 3. The molecule has 1 fully saturated rings. The van der Waals surface area contributed by atoms with Crippen molar-refractivity contribution in [3.63, 3.8) is 0 Å². The van der Waals surface area contributed by atoms with Gasteiger partial charge in [-0.1, -0.05) is 36.4 Å². The normalized spacial score (nSPS) is 20.6. The van der Waals surface area contributed by atoms with Gasteiger partial charge < -0.3 is 4.90 Å². The summed E-state index contributed by atoms with van der Waals surface area (Å²) in [6.45, 7) is 6.81. The summed E-state index contributed by atoms with van der Waals surface area (Å²) in [6.07, 6.45) is 1.02. The van der Waals surface area contributed by atoms with Gasteiger partial charge in [-0.2, -0.15) is 5.26 Å². The Morgan fingerprint density at radius 2 is 1.77 bits per heavy atom. The van der Waals surface area contributed by atoms with Gasteiger partial charge in [0.15, 0.2) is 0 Å². The fourth-order valence-corrected chi connectivity index (χ4v) is 3.77. The Labute approximate surface area is 155 Å². The van der Waals surface area contributed by atoms with Gasteiger partial charge in [-0.15, -0.1) is 0 Å². The lowest BCUT2D eigenvalue weighted by atomic mass is 10.0. The quantitative estimate of drug-likeness (QED) is 0.852. The Hall–Kier alpha value is -2.64. The van der Waals surface area contributed by atoms with Crippen molar-refractivity contribution in [2.75, 3.05) is 19.6 Å². The molecular formula is C22H25N3O. The van der Waals surface area contributed by atoms with Gasteiger partial charge in [0, 0.05) is 37.3 Å². The first-order valence-corrected chi connectivity index (χ1v) is 9.17. The lowest BCUT2D eigenvalue weighted by molar-refractivity contribution is 0.0311. The van der Waals surface area contributed by atoms with Gasteiger partial charge in [-0.3, -0.25) is 9.69 Å². The number of nitrogens with zero attached hydrogens (tertiary/aromatic N) is 3. The molecule has 0 aromatic heterocycles. The van der Waals surface area contributed by atoms with Crippen LogP contribution in [0.3, 0.4) is 0 Å². The molecule has 0 N–H and O–H groups in total. The second-order valence-electron chi connectivity index (χ2n) is 7.07. The largest absolute Gasteiger partial charge is 0.336 e. The highest BCUT2D eigenvalue weighted by Gasteiger charge is 2.31. The smallest absolute Gasteiger partial charge is 0.254 e. The lowest BCUT2D eigenvalue weighted by Crippen LogP contribution is -2.58. The Morgan fingerprint density at radius 1 is 1.08 bits per heavy atom. The van der Waals surface area contributed by atoms with E-state index in [2.05, 4.69) is 49.1 Å². The van der Waals surface area contributed by atoms with Gasteiger partial charge in [0.2, 0.25) is 0 Å². The summed E-state index contributed by atoms with van der Waals surface area (Å²) < 4.78 is 0. The summed E-state index contributed by atoms with van der Waals surface area (Å²) >= 11 is 0. The summed E-state index contributed by atoms with van der Waals surface area (Å²) in [5.74, 6) is 0.0171. The number of nitriles is 1. The summed E-state index contributed by atoms with van der Waals surface area (Å²) in [7, 11) is 0. The third-order valence-corrected chi connectivity index (χ3v) is 5.13. The fraction of sp³-hybridized carbons (Fsp3) is 0.364. The minimum atomic E-state index is 0.0171. The van der Waals surface area contributed by atoms with Crippen LogP contribution in [-0.4, -0.2) is 47.4 Å². The molecule has 0 bridgehead atoms. The van der Waals surface area contributed by atoms with Crippen LogP contribution < -0.4 is 0 Å². The molecule has 2 atom stereocenters. The van der Waals surface area contributed by atoms with Crippen LogP contribution in [0.5, 0.6) is 0 Å². The second kappa shape index (κ2) is 8.16. The third kappa shape index (κ3) is 4.12. The number of carbonyl (C=O) groups excluding carboxylic acids is 1. The number of hydrogen-bond donors (Lipinski definition) is 0. The Kier molecular flexibility index (Phi) is 5.70. The zero-order valence-corrected chi connectivity index (χ0v) is 15.4. The number of rotatable bonds is 4. The Bertz CT molecular complexity index is 785. The highest BCUT2D eigenvalue weighted by molar-refractivity contribution is 5.94. The maximum Gasteiger partial charge on any atom is 0.254 e. The van der Waals surface area contributed by atoms with Crippen molar-refractivity contribution in [3.05, 3.63) is 71.3 Å². The molecule has 134 valence electrons. The molecule has 0 spiro atoms. The van der Waals surface area contributed by atoms with Crippen molar-refractivity contribution in [1.29, 1.82) is 5.26 Å². The Balaban J connectivity index is 1.64.